The molecule has 0 aromatic heterocycles. The average Bonchev–Trinajstić information content (AvgIpc) is 3.28. The summed E-state index contributed by atoms with van der Waals surface area (Å²) in [6.45, 7) is 1.84. The molecule has 6 heteroatoms. The minimum atomic E-state index is -0.592. The van der Waals surface area contributed by atoms with Crippen LogP contribution in [0.25, 0.3) is 0 Å². The second kappa shape index (κ2) is 5.40. The van der Waals surface area contributed by atoms with Crippen LogP contribution >= 0.6 is 15.9 Å². The van der Waals surface area contributed by atoms with Crippen LogP contribution in [0.2, 0.25) is 0 Å². The van der Waals surface area contributed by atoms with Crippen LogP contribution in [0.5, 0.6) is 0 Å². The summed E-state index contributed by atoms with van der Waals surface area (Å²) in [4.78, 5) is 26.5. The highest BCUT2D eigenvalue weighted by molar-refractivity contribution is 9.10. The molecule has 3 rings (SSSR count). The number of piperazine rings is 1. The van der Waals surface area contributed by atoms with Gasteiger partial charge in [-0.15, -0.1) is 0 Å². The number of nitrogens with one attached hydrogen (secondary N) is 1. The fourth-order valence-corrected chi connectivity index (χ4v) is 3.24. The van der Waals surface area contributed by atoms with E-state index in [1.807, 2.05) is 6.92 Å². The van der Waals surface area contributed by atoms with Crippen molar-refractivity contribution < 1.29 is 14.0 Å². The van der Waals surface area contributed by atoms with Gasteiger partial charge in [0.2, 0.25) is 5.91 Å². The van der Waals surface area contributed by atoms with Crippen LogP contribution in [0, 0.1) is 11.7 Å². The number of anilines is 1. The topological polar surface area (TPSA) is 49.4 Å². The molecular formula is C15H16BrFN2O2. The number of nitrogens with zero attached hydrogens (tertiary/aromatic N) is 1. The van der Waals surface area contributed by atoms with Gasteiger partial charge in [0.1, 0.15) is 17.9 Å². The summed E-state index contributed by atoms with van der Waals surface area (Å²) >= 11 is 3.35. The van der Waals surface area contributed by atoms with Gasteiger partial charge in [-0.3, -0.25) is 14.5 Å². The van der Waals surface area contributed by atoms with E-state index in [4.69, 9.17) is 0 Å². The van der Waals surface area contributed by atoms with Crippen molar-refractivity contribution in [3.8, 4) is 0 Å². The van der Waals surface area contributed by atoms with Crippen molar-refractivity contribution in [1.82, 2.24) is 5.32 Å². The highest BCUT2D eigenvalue weighted by Gasteiger charge is 2.47. The first kappa shape index (κ1) is 14.5. The summed E-state index contributed by atoms with van der Waals surface area (Å²) < 4.78 is 14.2. The van der Waals surface area contributed by atoms with Crippen molar-refractivity contribution in [2.24, 2.45) is 5.92 Å². The van der Waals surface area contributed by atoms with E-state index in [1.165, 1.54) is 17.0 Å². The molecule has 21 heavy (non-hydrogen) atoms. The molecular weight excluding hydrogens is 339 g/mol. The van der Waals surface area contributed by atoms with Gasteiger partial charge in [-0.25, -0.2) is 4.39 Å². The summed E-state index contributed by atoms with van der Waals surface area (Å²) in [6, 6.07) is 3.11. The highest BCUT2D eigenvalue weighted by Crippen LogP contribution is 2.38. The third kappa shape index (κ3) is 2.57. The first-order valence-corrected chi connectivity index (χ1v) is 7.90. The zero-order valence-corrected chi connectivity index (χ0v) is 13.2. The maximum Gasteiger partial charge on any atom is 0.250 e. The van der Waals surface area contributed by atoms with Crippen molar-refractivity contribution in [3.63, 3.8) is 0 Å². The number of halogens is 2. The van der Waals surface area contributed by atoms with Crippen LogP contribution in [0.1, 0.15) is 26.2 Å². The summed E-state index contributed by atoms with van der Waals surface area (Å²) in [7, 11) is 0. The van der Waals surface area contributed by atoms with E-state index in [0.717, 1.165) is 12.8 Å². The first-order valence-electron chi connectivity index (χ1n) is 7.11. The van der Waals surface area contributed by atoms with Gasteiger partial charge in [0, 0.05) is 4.47 Å². The normalized spacial score (nSPS) is 26.0. The predicted molar refractivity (Wildman–Crippen MR) is 80.3 cm³/mol. The molecule has 2 unspecified atom stereocenters. The quantitative estimate of drug-likeness (QED) is 0.906. The lowest BCUT2D eigenvalue weighted by molar-refractivity contribution is -0.134. The van der Waals surface area contributed by atoms with Crippen LogP contribution in [-0.4, -0.2) is 23.9 Å². The Kier molecular flexibility index (Phi) is 3.73. The van der Waals surface area contributed by atoms with Crippen LogP contribution in [0.3, 0.4) is 0 Å². The molecule has 1 aromatic rings. The third-order valence-corrected chi connectivity index (χ3v) is 4.73. The van der Waals surface area contributed by atoms with Crippen molar-refractivity contribution in [1.29, 1.82) is 0 Å². The molecule has 112 valence electrons. The fourth-order valence-electron chi connectivity index (χ4n) is 2.81. The van der Waals surface area contributed by atoms with E-state index >= 15 is 0 Å². The Morgan fingerprint density at radius 1 is 1.38 bits per heavy atom. The molecule has 1 aliphatic carbocycles. The Bertz CT molecular complexity index is 603. The van der Waals surface area contributed by atoms with Gasteiger partial charge in [0.05, 0.1) is 5.69 Å². The maximum absolute atomic E-state index is 13.6. The molecule has 1 saturated heterocycles. The second-order valence-corrected chi connectivity index (χ2v) is 6.41. The van der Waals surface area contributed by atoms with Gasteiger partial charge in [0.15, 0.2) is 0 Å². The summed E-state index contributed by atoms with van der Waals surface area (Å²) in [5, 5.41) is 2.82. The van der Waals surface area contributed by atoms with Crippen LogP contribution in [0.15, 0.2) is 22.7 Å². The zero-order valence-electron chi connectivity index (χ0n) is 11.6. The van der Waals surface area contributed by atoms with E-state index in [-0.39, 0.29) is 17.7 Å². The first-order chi connectivity index (χ1) is 10.0. The lowest BCUT2D eigenvalue weighted by Crippen LogP contribution is -2.64. The minimum Gasteiger partial charge on any atom is -0.342 e. The molecule has 0 spiro atoms. The van der Waals surface area contributed by atoms with Gasteiger partial charge in [-0.05, 0) is 59.3 Å². The molecule has 2 fully saturated rings. The lowest BCUT2D eigenvalue weighted by Gasteiger charge is -2.39. The van der Waals surface area contributed by atoms with Gasteiger partial charge < -0.3 is 5.32 Å². The molecule has 0 bridgehead atoms. The van der Waals surface area contributed by atoms with E-state index < -0.39 is 17.9 Å². The van der Waals surface area contributed by atoms with Gasteiger partial charge in [-0.1, -0.05) is 6.92 Å². The minimum absolute atomic E-state index is 0.143. The lowest BCUT2D eigenvalue weighted by atomic mass is 10.0. The Hall–Kier alpha value is -1.43. The number of benzene rings is 1. The zero-order chi connectivity index (χ0) is 15.1. The Labute approximate surface area is 130 Å². The highest BCUT2D eigenvalue weighted by atomic mass is 79.9. The van der Waals surface area contributed by atoms with Crippen LogP contribution in [-0.2, 0) is 9.59 Å². The molecule has 1 heterocycles. The largest absolute Gasteiger partial charge is 0.342 e. The number of rotatable bonds is 3. The van der Waals surface area contributed by atoms with Crippen molar-refractivity contribution >= 4 is 33.4 Å². The van der Waals surface area contributed by atoms with E-state index in [1.54, 1.807) is 6.07 Å². The molecule has 1 saturated carbocycles. The van der Waals surface area contributed by atoms with Crippen molar-refractivity contribution in [2.45, 2.75) is 38.3 Å². The smallest absolute Gasteiger partial charge is 0.250 e. The Morgan fingerprint density at radius 2 is 2.10 bits per heavy atom. The molecule has 2 aliphatic rings. The number of carbonyl (C=O) groups is 2. The predicted octanol–water partition coefficient (Wildman–Crippen LogP) is 2.61. The summed E-state index contributed by atoms with van der Waals surface area (Å²) in [6.07, 6.45) is 2.38. The fraction of sp³-hybridized carbons (Fsp3) is 0.467. The van der Waals surface area contributed by atoms with Crippen molar-refractivity contribution in [2.75, 3.05) is 4.90 Å². The molecule has 1 N–H and O–H groups in total. The molecule has 1 aliphatic heterocycles. The van der Waals surface area contributed by atoms with Crippen molar-refractivity contribution in [3.05, 3.63) is 28.5 Å². The van der Waals surface area contributed by atoms with Crippen LogP contribution < -0.4 is 10.2 Å². The standard InChI is InChI=1S/C15H16BrFN2O2/c1-2-11-14(20)18-13(8-3-4-8)15(21)19(11)12-7-9(17)5-6-10(12)16/h5-8,11,13H,2-4H2,1H3,(H,18,20). The third-order valence-electron chi connectivity index (χ3n) is 4.06. The van der Waals surface area contributed by atoms with Crippen LogP contribution in [0.4, 0.5) is 10.1 Å². The molecule has 1 aromatic carbocycles. The molecule has 0 radical (unpaired) electrons. The molecule has 2 atom stereocenters. The molecule has 2 amide bonds. The number of carbonyl (C=O) groups excluding carboxylic acids is 2. The Morgan fingerprint density at radius 3 is 2.71 bits per heavy atom. The second-order valence-electron chi connectivity index (χ2n) is 5.55. The summed E-state index contributed by atoms with van der Waals surface area (Å²) in [5.41, 5.74) is 0.423. The van der Waals surface area contributed by atoms with Gasteiger partial charge in [-0.2, -0.15) is 0 Å². The number of hydrogen-bond donors (Lipinski definition) is 1. The summed E-state index contributed by atoms with van der Waals surface area (Å²) in [5.74, 6) is -0.515. The average molecular weight is 355 g/mol. The monoisotopic (exact) mass is 354 g/mol. The van der Waals surface area contributed by atoms with E-state index in [9.17, 15) is 14.0 Å². The maximum atomic E-state index is 13.6. The number of amides is 2. The van der Waals surface area contributed by atoms with Gasteiger partial charge >= 0.3 is 0 Å². The van der Waals surface area contributed by atoms with Gasteiger partial charge in [0.25, 0.3) is 5.91 Å². The SMILES string of the molecule is CCC1C(=O)NC(C2CC2)C(=O)N1c1cc(F)ccc1Br. The molecule has 4 nitrogen and oxygen atoms in total. The van der Waals surface area contributed by atoms with E-state index in [2.05, 4.69) is 21.2 Å². The number of hydrogen-bond acceptors (Lipinski definition) is 2. The van der Waals surface area contributed by atoms with E-state index in [0.29, 0.717) is 16.6 Å². The Balaban J connectivity index is 2.03.